The summed E-state index contributed by atoms with van der Waals surface area (Å²) in [6.07, 6.45) is 3.50. The van der Waals surface area contributed by atoms with Crippen molar-refractivity contribution in [3.63, 3.8) is 0 Å². The van der Waals surface area contributed by atoms with Gasteiger partial charge >= 0.3 is 0 Å². The lowest BCUT2D eigenvalue weighted by atomic mass is 10.1. The molecule has 0 spiro atoms. The second kappa shape index (κ2) is 6.95. The monoisotopic (exact) mass is 319 g/mol. The fourth-order valence-electron chi connectivity index (χ4n) is 1.68. The number of pyridine rings is 1. The van der Waals surface area contributed by atoms with Gasteiger partial charge < -0.3 is 17.0 Å². The van der Waals surface area contributed by atoms with Crippen molar-refractivity contribution in [2.75, 3.05) is 0 Å². The highest BCUT2D eigenvalue weighted by Gasteiger charge is 2.11. The van der Waals surface area contributed by atoms with Crippen molar-refractivity contribution in [1.29, 1.82) is 0 Å². The van der Waals surface area contributed by atoms with E-state index in [1.165, 1.54) is 6.92 Å². The second-order valence-corrected chi connectivity index (χ2v) is 4.10. The molecule has 19 heavy (non-hydrogen) atoms. The number of nitrogens with zero attached hydrogens (tertiary/aromatic N) is 1. The zero-order chi connectivity index (χ0) is 13.0. The summed E-state index contributed by atoms with van der Waals surface area (Å²) in [6.45, 7) is 1.80. The summed E-state index contributed by atoms with van der Waals surface area (Å²) in [5.74, 6) is 0.0766. The van der Waals surface area contributed by atoms with E-state index in [2.05, 4.69) is 0 Å². The minimum Gasteiger partial charge on any atom is -1.00 e. The molecule has 0 aliphatic carbocycles. The average Bonchev–Trinajstić information content (AvgIpc) is 2.40. The number of aromatic nitrogens is 1. The van der Waals surface area contributed by atoms with E-state index in [1.54, 1.807) is 41.2 Å². The largest absolute Gasteiger partial charge is 1.00 e. The lowest BCUT2D eigenvalue weighted by Crippen LogP contribution is -3.00. The maximum Gasteiger partial charge on any atom is 0.227 e. The lowest BCUT2D eigenvalue weighted by Gasteiger charge is -1.98. The van der Waals surface area contributed by atoms with Crippen LogP contribution in [0.2, 0.25) is 0 Å². The first-order chi connectivity index (χ1) is 8.66. The summed E-state index contributed by atoms with van der Waals surface area (Å²) in [5, 5.41) is 0. The summed E-state index contributed by atoms with van der Waals surface area (Å²) in [4.78, 5) is 23.1. The van der Waals surface area contributed by atoms with Crippen LogP contribution in [0.5, 0.6) is 0 Å². The Bertz CT molecular complexity index is 564. The minimum atomic E-state index is 0. The van der Waals surface area contributed by atoms with Gasteiger partial charge in [-0.25, -0.2) is 0 Å². The second-order valence-electron chi connectivity index (χ2n) is 4.10. The summed E-state index contributed by atoms with van der Waals surface area (Å²) in [5.41, 5.74) is 1.35. The molecule has 0 saturated heterocycles. The molecule has 0 fully saturated rings. The number of ketones is 2. The molecule has 1 aromatic carbocycles. The van der Waals surface area contributed by atoms with Crippen LogP contribution in [-0.4, -0.2) is 11.6 Å². The van der Waals surface area contributed by atoms with Crippen LogP contribution in [0.1, 0.15) is 27.6 Å². The van der Waals surface area contributed by atoms with Gasteiger partial charge in [-0.05, 0) is 6.92 Å². The highest BCUT2D eigenvalue weighted by atomic mass is 79.9. The van der Waals surface area contributed by atoms with E-state index < -0.39 is 0 Å². The fourth-order valence-corrected chi connectivity index (χ4v) is 1.68. The molecule has 0 radical (unpaired) electrons. The molecule has 4 heteroatoms. The number of rotatable bonds is 4. The molecular weight excluding hydrogens is 306 g/mol. The van der Waals surface area contributed by atoms with Crippen LogP contribution in [0, 0.1) is 0 Å². The van der Waals surface area contributed by atoms with E-state index >= 15 is 0 Å². The first-order valence-corrected chi connectivity index (χ1v) is 5.75. The number of carbonyl (C=O) groups excluding carboxylic acids is 2. The quantitative estimate of drug-likeness (QED) is 0.539. The minimum absolute atomic E-state index is 0. The molecule has 2 rings (SSSR count). The van der Waals surface area contributed by atoms with Crippen molar-refractivity contribution < 1.29 is 31.1 Å². The molecule has 0 N–H and O–H groups in total. The highest BCUT2D eigenvalue weighted by molar-refractivity contribution is 5.95. The predicted molar refractivity (Wildman–Crippen MR) is 67.4 cm³/mol. The van der Waals surface area contributed by atoms with Crippen molar-refractivity contribution in [3.8, 4) is 0 Å². The van der Waals surface area contributed by atoms with Crippen LogP contribution in [0.15, 0.2) is 54.9 Å². The molecular formula is C15H14BrNO2. The highest BCUT2D eigenvalue weighted by Crippen LogP contribution is 2.00. The Morgan fingerprint density at radius 3 is 2.05 bits per heavy atom. The Morgan fingerprint density at radius 2 is 1.53 bits per heavy atom. The zero-order valence-electron chi connectivity index (χ0n) is 10.5. The van der Waals surface area contributed by atoms with E-state index in [0.29, 0.717) is 11.1 Å². The van der Waals surface area contributed by atoms with Crippen molar-refractivity contribution in [3.05, 3.63) is 66.0 Å². The Labute approximate surface area is 122 Å². The van der Waals surface area contributed by atoms with E-state index in [0.717, 1.165) is 0 Å². The van der Waals surface area contributed by atoms with Crippen molar-refractivity contribution in [1.82, 2.24) is 0 Å². The van der Waals surface area contributed by atoms with Crippen LogP contribution in [0.25, 0.3) is 0 Å². The van der Waals surface area contributed by atoms with Gasteiger partial charge in [-0.15, -0.1) is 0 Å². The first kappa shape index (κ1) is 15.2. The number of hydrogen-bond acceptors (Lipinski definition) is 2. The topological polar surface area (TPSA) is 38.0 Å². The summed E-state index contributed by atoms with van der Waals surface area (Å²) >= 11 is 0. The molecule has 3 nitrogen and oxygen atoms in total. The maximum absolute atomic E-state index is 11.9. The van der Waals surface area contributed by atoms with Gasteiger partial charge in [0.15, 0.2) is 18.2 Å². The van der Waals surface area contributed by atoms with Gasteiger partial charge in [0.05, 0.1) is 0 Å². The van der Waals surface area contributed by atoms with E-state index in [1.807, 2.05) is 18.2 Å². The Hall–Kier alpha value is -1.81. The molecule has 1 aromatic heterocycles. The first-order valence-electron chi connectivity index (χ1n) is 5.75. The van der Waals surface area contributed by atoms with Gasteiger partial charge in [0.1, 0.15) is 0 Å². The average molecular weight is 320 g/mol. The molecule has 0 unspecified atom stereocenters. The third-order valence-corrected chi connectivity index (χ3v) is 2.72. The number of hydrogen-bond donors (Lipinski definition) is 0. The molecule has 1 heterocycles. The fraction of sp³-hybridized carbons (Fsp3) is 0.133. The molecule has 0 aliphatic rings. The smallest absolute Gasteiger partial charge is 0.227 e. The van der Waals surface area contributed by atoms with E-state index in [4.69, 9.17) is 0 Å². The van der Waals surface area contributed by atoms with Gasteiger partial charge in [-0.1, -0.05) is 30.3 Å². The van der Waals surface area contributed by atoms with Crippen LogP contribution >= 0.6 is 0 Å². The van der Waals surface area contributed by atoms with Gasteiger partial charge in [0, 0.05) is 23.3 Å². The number of carbonyl (C=O) groups is 2. The van der Waals surface area contributed by atoms with Gasteiger partial charge in [0.25, 0.3) is 0 Å². The van der Waals surface area contributed by atoms with E-state index in [-0.39, 0.29) is 35.1 Å². The zero-order valence-corrected chi connectivity index (χ0v) is 12.1. The number of Topliss-reactive ketones (excluding diaryl/α,β-unsaturated/α-hetero) is 2. The van der Waals surface area contributed by atoms with Crippen molar-refractivity contribution >= 4 is 11.6 Å². The predicted octanol–water partition coefficient (Wildman–Crippen LogP) is -0.936. The standard InChI is InChI=1S/C15H14NO2.BrH/c1-12(17)13-7-9-16(10-8-13)11-15(18)14-5-3-2-4-6-14;/h2-10H,11H2,1H3;1H/q+1;/p-1. The molecule has 0 amide bonds. The van der Waals surface area contributed by atoms with Gasteiger partial charge in [0.2, 0.25) is 12.3 Å². The SMILES string of the molecule is CC(=O)c1cc[n+](CC(=O)c2ccccc2)cc1.[Br-]. The molecule has 0 aliphatic heterocycles. The summed E-state index contributed by atoms with van der Waals surface area (Å²) in [7, 11) is 0. The Morgan fingerprint density at radius 1 is 0.947 bits per heavy atom. The summed E-state index contributed by atoms with van der Waals surface area (Å²) in [6, 6.07) is 12.6. The van der Waals surface area contributed by atoms with Crippen LogP contribution in [-0.2, 0) is 6.54 Å². The number of benzene rings is 1. The molecule has 0 atom stereocenters. The molecule has 98 valence electrons. The molecule has 2 aromatic rings. The van der Waals surface area contributed by atoms with Crippen molar-refractivity contribution in [2.24, 2.45) is 0 Å². The van der Waals surface area contributed by atoms with Crippen LogP contribution in [0.4, 0.5) is 0 Å². The Kier molecular flexibility index (Phi) is 5.57. The Balaban J connectivity index is 0.00000180. The van der Waals surface area contributed by atoms with Crippen LogP contribution in [0.3, 0.4) is 0 Å². The van der Waals surface area contributed by atoms with Gasteiger partial charge in [-0.3, -0.25) is 9.59 Å². The van der Waals surface area contributed by atoms with E-state index in [9.17, 15) is 9.59 Å². The maximum atomic E-state index is 11.9. The van der Waals surface area contributed by atoms with Gasteiger partial charge in [-0.2, -0.15) is 4.57 Å². The van der Waals surface area contributed by atoms with Crippen LogP contribution < -0.4 is 21.5 Å². The lowest BCUT2D eigenvalue weighted by molar-refractivity contribution is -0.683. The normalized spacial score (nSPS) is 9.53. The number of halogens is 1. The molecule has 0 saturated carbocycles. The summed E-state index contributed by atoms with van der Waals surface area (Å²) < 4.78 is 1.77. The molecule has 0 bridgehead atoms. The third-order valence-electron chi connectivity index (χ3n) is 2.72. The van der Waals surface area contributed by atoms with Crippen molar-refractivity contribution in [2.45, 2.75) is 13.5 Å². The third kappa shape index (κ3) is 4.10.